The molecule has 1 aromatic heterocycles. The number of hydrogen-bond donors (Lipinski definition) is 0. The fourth-order valence-electron chi connectivity index (χ4n) is 4.77. The smallest absolute Gasteiger partial charge is 0.245 e. The molecule has 208 valence electrons. The Morgan fingerprint density at radius 1 is 1.10 bits per heavy atom. The first-order chi connectivity index (χ1) is 19.3. The van der Waals surface area contributed by atoms with Crippen molar-refractivity contribution in [3.63, 3.8) is 0 Å². The number of allylic oxidation sites excluding steroid dienone is 4. The number of aromatic nitrogens is 1. The Labute approximate surface area is 245 Å². The summed E-state index contributed by atoms with van der Waals surface area (Å²) in [7, 11) is 3.47. The van der Waals surface area contributed by atoms with Gasteiger partial charge in [-0.1, -0.05) is 66.5 Å². The lowest BCUT2D eigenvalue weighted by atomic mass is 9.87. The fourth-order valence-corrected chi connectivity index (χ4v) is 5.40. The van der Waals surface area contributed by atoms with Gasteiger partial charge in [-0.25, -0.2) is 9.37 Å². The highest BCUT2D eigenvalue weighted by Gasteiger charge is 2.26. The van der Waals surface area contributed by atoms with Crippen molar-refractivity contribution in [2.75, 3.05) is 20.7 Å². The molecule has 7 heteroatoms. The Morgan fingerprint density at radius 3 is 2.58 bits per heavy atom. The van der Waals surface area contributed by atoms with Gasteiger partial charge in [-0.2, -0.15) is 0 Å². The predicted molar refractivity (Wildman–Crippen MR) is 163 cm³/mol. The van der Waals surface area contributed by atoms with Crippen LogP contribution in [0.3, 0.4) is 0 Å². The molecule has 0 spiro atoms. The lowest BCUT2D eigenvalue weighted by Crippen LogP contribution is -2.18. The third-order valence-electron chi connectivity index (χ3n) is 6.84. The van der Waals surface area contributed by atoms with Crippen LogP contribution in [0.1, 0.15) is 54.9 Å². The van der Waals surface area contributed by atoms with Gasteiger partial charge >= 0.3 is 0 Å². The highest BCUT2D eigenvalue weighted by Crippen LogP contribution is 2.46. The maximum atomic E-state index is 13.9. The molecular weight excluding hydrogens is 546 g/mol. The molecule has 4 nitrogen and oxygen atoms in total. The van der Waals surface area contributed by atoms with Crippen LogP contribution in [0.2, 0.25) is 5.02 Å². The van der Waals surface area contributed by atoms with Crippen LogP contribution in [-0.2, 0) is 11.2 Å². The number of carbonyl (C=O) groups excluding carboxylic acids is 1. The monoisotopic (exact) mass is 578 g/mol. The van der Waals surface area contributed by atoms with Crippen LogP contribution in [0.5, 0.6) is 5.88 Å². The number of rotatable bonds is 11. The summed E-state index contributed by atoms with van der Waals surface area (Å²) in [5.74, 6) is 0.145. The number of benzene rings is 2. The second-order valence-electron chi connectivity index (χ2n) is 9.82. The number of carbonyl (C=O) groups is 1. The summed E-state index contributed by atoms with van der Waals surface area (Å²) in [6.45, 7) is 2.59. The van der Waals surface area contributed by atoms with E-state index in [-0.39, 0.29) is 11.7 Å². The number of likely N-dealkylation sites (N-methyl/N-ethyl adjacent to an activating group) is 1. The van der Waals surface area contributed by atoms with Gasteiger partial charge in [-0.15, -0.1) is 0 Å². The zero-order valence-corrected chi connectivity index (χ0v) is 24.5. The van der Waals surface area contributed by atoms with Gasteiger partial charge in [-0.3, -0.25) is 4.79 Å². The van der Waals surface area contributed by atoms with E-state index in [1.807, 2.05) is 36.4 Å². The average Bonchev–Trinajstić information content (AvgIpc) is 3.27. The zero-order valence-electron chi connectivity index (χ0n) is 23.0. The van der Waals surface area contributed by atoms with E-state index in [2.05, 4.69) is 18.0 Å². The van der Waals surface area contributed by atoms with Crippen molar-refractivity contribution in [3.8, 4) is 5.88 Å². The third kappa shape index (κ3) is 7.01. The van der Waals surface area contributed by atoms with Gasteiger partial charge in [-0.05, 0) is 83.4 Å². The maximum Gasteiger partial charge on any atom is 0.245 e. The van der Waals surface area contributed by atoms with E-state index in [0.717, 1.165) is 58.2 Å². The van der Waals surface area contributed by atoms with Crippen LogP contribution >= 0.6 is 23.2 Å². The molecule has 40 heavy (non-hydrogen) atoms. The van der Waals surface area contributed by atoms with Gasteiger partial charge in [0.05, 0.1) is 16.7 Å². The molecule has 0 N–H and O–H groups in total. The van der Waals surface area contributed by atoms with Crippen molar-refractivity contribution < 1.29 is 13.9 Å². The fraction of sp³-hybridized carbons (Fsp3) is 0.273. The first-order valence-corrected chi connectivity index (χ1v) is 14.2. The molecule has 1 heterocycles. The zero-order chi connectivity index (χ0) is 28.6. The Balaban J connectivity index is 1.57. The molecule has 0 atom stereocenters. The molecule has 0 unspecified atom stereocenters. The van der Waals surface area contributed by atoms with Crippen molar-refractivity contribution in [1.82, 2.24) is 9.88 Å². The predicted octanol–water partition coefficient (Wildman–Crippen LogP) is 8.59. The quantitative estimate of drug-likeness (QED) is 0.169. The molecule has 3 aromatic rings. The Hall–Kier alpha value is -3.41. The molecule has 0 fully saturated rings. The third-order valence-corrected chi connectivity index (χ3v) is 7.59. The standard InChI is InChI=1S/C33H33Cl2FN2O2/c1-4-25(27-16-15-24(36)20-29(27)34)32(28-19-22-11-8-9-12-26(22)33(28)35)23-14-17-30(37-21-23)40-18-10-6-5-7-13-31(39)38(2)3/h7-9,11-17,20-21H,4-6,10,18-19H2,1-3H3/b13-7+,32-25+. The Bertz CT molecular complexity index is 1460. The number of amides is 1. The van der Waals surface area contributed by atoms with Crippen molar-refractivity contribution in [2.45, 2.75) is 39.0 Å². The number of fused-ring (bicyclic) bond motifs is 1. The minimum Gasteiger partial charge on any atom is -0.478 e. The van der Waals surface area contributed by atoms with Crippen molar-refractivity contribution >= 4 is 45.3 Å². The van der Waals surface area contributed by atoms with Crippen LogP contribution in [0.4, 0.5) is 4.39 Å². The molecule has 2 aromatic carbocycles. The van der Waals surface area contributed by atoms with Gasteiger partial charge in [0.25, 0.3) is 0 Å². The molecule has 0 radical (unpaired) electrons. The van der Waals surface area contributed by atoms with Crippen molar-refractivity contribution in [2.24, 2.45) is 0 Å². The van der Waals surface area contributed by atoms with E-state index in [1.165, 1.54) is 12.1 Å². The van der Waals surface area contributed by atoms with Gasteiger partial charge in [0.15, 0.2) is 0 Å². The minimum absolute atomic E-state index is 0.0135. The summed E-state index contributed by atoms with van der Waals surface area (Å²) in [6, 6.07) is 16.5. The first kappa shape index (κ1) is 29.6. The molecule has 0 aliphatic heterocycles. The molecule has 1 amide bonds. The van der Waals surface area contributed by atoms with Crippen molar-refractivity contribution in [1.29, 1.82) is 0 Å². The highest BCUT2D eigenvalue weighted by molar-refractivity contribution is 6.51. The SMILES string of the molecule is CC/C(=C(\C1=C(Cl)c2ccccc2C1)c1ccc(OCCCC/C=C/C(=O)N(C)C)nc1)c1ccc(F)cc1Cl. The molecule has 0 saturated heterocycles. The summed E-state index contributed by atoms with van der Waals surface area (Å²) in [5, 5.41) is 1.06. The second kappa shape index (κ2) is 13.8. The normalized spacial score (nSPS) is 13.4. The number of pyridine rings is 1. The van der Waals surface area contributed by atoms with E-state index >= 15 is 0 Å². The second-order valence-corrected chi connectivity index (χ2v) is 10.6. The number of nitrogens with zero attached hydrogens (tertiary/aromatic N) is 2. The molecule has 1 aliphatic rings. The van der Waals surface area contributed by atoms with Crippen molar-refractivity contribution in [3.05, 3.63) is 112 Å². The topological polar surface area (TPSA) is 42.4 Å². The Morgan fingerprint density at radius 2 is 1.90 bits per heavy atom. The highest BCUT2D eigenvalue weighted by atomic mass is 35.5. The number of unbranched alkanes of at least 4 members (excludes halogenated alkanes) is 2. The number of ether oxygens (including phenoxy) is 1. The van der Waals surface area contributed by atoms with Gasteiger partial charge in [0.1, 0.15) is 5.82 Å². The van der Waals surface area contributed by atoms with E-state index in [1.54, 1.807) is 37.3 Å². The van der Waals surface area contributed by atoms with Gasteiger partial charge in [0.2, 0.25) is 11.8 Å². The van der Waals surface area contributed by atoms with Gasteiger partial charge in [0, 0.05) is 38.3 Å². The summed E-state index contributed by atoms with van der Waals surface area (Å²) < 4.78 is 19.8. The maximum absolute atomic E-state index is 13.9. The number of halogens is 3. The first-order valence-electron chi connectivity index (χ1n) is 13.4. The number of hydrogen-bond acceptors (Lipinski definition) is 3. The summed E-state index contributed by atoms with van der Waals surface area (Å²) in [4.78, 5) is 17.7. The van der Waals surface area contributed by atoms with E-state index in [9.17, 15) is 9.18 Å². The van der Waals surface area contributed by atoms with Crippen LogP contribution in [0.15, 0.2) is 78.5 Å². The Kier molecular flexibility index (Phi) is 10.2. The summed E-state index contributed by atoms with van der Waals surface area (Å²) in [6.07, 6.45) is 9.20. The van der Waals surface area contributed by atoms with E-state index in [0.29, 0.717) is 35.4 Å². The molecule has 4 rings (SSSR count). The molecule has 1 aliphatic carbocycles. The van der Waals surface area contributed by atoms with Crippen LogP contribution in [0, 0.1) is 5.82 Å². The lowest BCUT2D eigenvalue weighted by molar-refractivity contribution is -0.123. The van der Waals surface area contributed by atoms with E-state index < -0.39 is 0 Å². The van der Waals surface area contributed by atoms with Crippen LogP contribution in [0.25, 0.3) is 16.2 Å². The van der Waals surface area contributed by atoms with Crippen LogP contribution < -0.4 is 4.74 Å². The van der Waals surface area contributed by atoms with E-state index in [4.69, 9.17) is 27.9 Å². The molecule has 0 saturated carbocycles. The molecular formula is C33H33Cl2FN2O2. The average molecular weight is 580 g/mol. The largest absolute Gasteiger partial charge is 0.478 e. The summed E-state index contributed by atoms with van der Waals surface area (Å²) in [5.41, 5.74) is 6.77. The summed E-state index contributed by atoms with van der Waals surface area (Å²) >= 11 is 13.5. The van der Waals surface area contributed by atoms with Crippen LogP contribution in [-0.4, -0.2) is 36.5 Å². The molecule has 0 bridgehead atoms. The van der Waals surface area contributed by atoms with Gasteiger partial charge < -0.3 is 9.64 Å². The lowest BCUT2D eigenvalue weighted by Gasteiger charge is -2.18. The minimum atomic E-state index is -0.377.